The monoisotopic (exact) mass is 545 g/mol. The topological polar surface area (TPSA) is 87.8 Å². The van der Waals surface area contributed by atoms with Gasteiger partial charge >= 0.3 is 0 Å². The van der Waals surface area contributed by atoms with Gasteiger partial charge in [-0.3, -0.25) is 9.69 Å². The van der Waals surface area contributed by atoms with Crippen molar-refractivity contribution in [3.05, 3.63) is 59.7 Å². The van der Waals surface area contributed by atoms with Gasteiger partial charge in [-0.15, -0.1) is 24.8 Å². The molecule has 1 heterocycles. The van der Waals surface area contributed by atoms with Gasteiger partial charge in [0.15, 0.2) is 5.60 Å². The Labute approximate surface area is 223 Å². The van der Waals surface area contributed by atoms with Crippen LogP contribution in [0.15, 0.2) is 48.5 Å². The molecule has 6 nitrogen and oxygen atoms in total. The fourth-order valence-electron chi connectivity index (χ4n) is 5.24. The number of aliphatic hydroxyl groups is 1. The van der Waals surface area contributed by atoms with Crippen molar-refractivity contribution in [3.63, 3.8) is 0 Å². The van der Waals surface area contributed by atoms with Crippen LogP contribution >= 0.6 is 24.8 Å². The molecule has 2 aromatic rings. The number of carbonyl (C=O) groups is 1. The second-order valence-electron chi connectivity index (χ2n) is 9.57. The molecule has 2 fully saturated rings. The molecule has 1 saturated carbocycles. The molecule has 0 spiro atoms. The minimum absolute atomic E-state index is 0. The molecule has 0 bridgehead atoms. The summed E-state index contributed by atoms with van der Waals surface area (Å²) in [6, 6.07) is 14.0. The van der Waals surface area contributed by atoms with Crippen molar-refractivity contribution in [1.29, 1.82) is 0 Å². The summed E-state index contributed by atoms with van der Waals surface area (Å²) in [5, 5.41) is 14.5. The van der Waals surface area contributed by atoms with E-state index in [1.54, 1.807) is 43.5 Å². The fourth-order valence-corrected chi connectivity index (χ4v) is 5.24. The number of nitrogens with zero attached hydrogens (tertiary/aromatic N) is 1. The van der Waals surface area contributed by atoms with Crippen LogP contribution in [-0.2, 0) is 16.9 Å². The Morgan fingerprint density at radius 3 is 2.42 bits per heavy atom. The van der Waals surface area contributed by atoms with Gasteiger partial charge in [0.05, 0.1) is 7.11 Å². The van der Waals surface area contributed by atoms with Crippen molar-refractivity contribution < 1.29 is 23.4 Å². The quantitative estimate of drug-likeness (QED) is 0.445. The van der Waals surface area contributed by atoms with Crippen LogP contribution in [0.25, 0.3) is 0 Å². The zero-order valence-corrected chi connectivity index (χ0v) is 21.9. The zero-order valence-electron chi connectivity index (χ0n) is 20.3. The number of alkyl halides is 2. The lowest BCUT2D eigenvalue weighted by atomic mass is 9.79. The van der Waals surface area contributed by atoms with Crippen LogP contribution < -0.4 is 15.8 Å². The lowest BCUT2D eigenvalue weighted by molar-refractivity contribution is -0.149. The summed E-state index contributed by atoms with van der Waals surface area (Å²) in [5.74, 6) is -3.55. The third-order valence-corrected chi connectivity index (χ3v) is 7.11. The van der Waals surface area contributed by atoms with Crippen molar-refractivity contribution in [2.45, 2.75) is 56.2 Å². The Kier molecular flexibility index (Phi) is 10.4. The van der Waals surface area contributed by atoms with Gasteiger partial charge < -0.3 is 20.9 Å². The predicted octanol–water partition coefficient (Wildman–Crippen LogP) is 4.52. The predicted molar refractivity (Wildman–Crippen MR) is 141 cm³/mol. The summed E-state index contributed by atoms with van der Waals surface area (Å²) in [7, 11) is 1.61. The van der Waals surface area contributed by atoms with Crippen molar-refractivity contribution in [3.8, 4) is 5.75 Å². The van der Waals surface area contributed by atoms with Gasteiger partial charge in [0, 0.05) is 56.2 Å². The molecule has 0 aromatic heterocycles. The summed E-state index contributed by atoms with van der Waals surface area (Å²) >= 11 is 0. The first-order valence-corrected chi connectivity index (χ1v) is 11.8. The summed E-state index contributed by atoms with van der Waals surface area (Å²) in [4.78, 5) is 15.6. The first-order valence-electron chi connectivity index (χ1n) is 11.8. The largest absolute Gasteiger partial charge is 0.497 e. The van der Waals surface area contributed by atoms with E-state index in [2.05, 4.69) is 10.2 Å². The number of nitrogens with two attached hydrogens (primary N) is 1. The number of ether oxygens (including phenoxy) is 1. The molecule has 1 saturated heterocycles. The van der Waals surface area contributed by atoms with E-state index in [1.165, 1.54) is 0 Å². The fraction of sp³-hybridized carbons (Fsp3) is 0.500. The molecule has 200 valence electrons. The summed E-state index contributed by atoms with van der Waals surface area (Å²) < 4.78 is 33.3. The Bertz CT molecular complexity index is 1010. The molecule has 2 aromatic carbocycles. The van der Waals surface area contributed by atoms with E-state index in [1.807, 2.05) is 12.1 Å². The molecule has 0 radical (unpaired) electrons. The van der Waals surface area contributed by atoms with E-state index in [4.69, 9.17) is 10.5 Å². The maximum absolute atomic E-state index is 14.0. The normalized spacial score (nSPS) is 21.5. The Hall–Kier alpha value is -2.13. The van der Waals surface area contributed by atoms with E-state index in [9.17, 15) is 18.7 Å². The van der Waals surface area contributed by atoms with E-state index in [0.717, 1.165) is 24.4 Å². The Morgan fingerprint density at radius 2 is 1.83 bits per heavy atom. The smallest absolute Gasteiger partial charge is 0.257 e. The number of likely N-dealkylation sites (tertiary alicyclic amines) is 1. The number of hydrogen-bond donors (Lipinski definition) is 3. The number of carbonyl (C=O) groups excluding carboxylic acids is 1. The van der Waals surface area contributed by atoms with Crippen molar-refractivity contribution in [2.75, 3.05) is 25.9 Å². The first kappa shape index (κ1) is 30.1. The number of rotatable bonds is 7. The SMILES string of the molecule is COc1cc(N)cc(CN2CCC(NC(=O)[C@](O)(c3ccccc3)[C@@H]3CCC(F)(F)C3)CC2)c1.Cl.Cl. The van der Waals surface area contributed by atoms with Gasteiger partial charge in [-0.2, -0.15) is 0 Å². The molecule has 1 aliphatic heterocycles. The van der Waals surface area contributed by atoms with Crippen LogP contribution in [0.3, 0.4) is 0 Å². The number of benzene rings is 2. The van der Waals surface area contributed by atoms with Gasteiger partial charge in [0.2, 0.25) is 5.92 Å². The molecule has 4 rings (SSSR count). The third kappa shape index (κ3) is 6.79. The lowest BCUT2D eigenvalue weighted by Crippen LogP contribution is -2.54. The standard InChI is InChI=1S/C26H33F2N3O3.2ClH/c1-34-23-14-18(13-21(29)15-23)17-31-11-8-22(9-12-31)30-24(32)26(33,19-5-3-2-4-6-19)20-7-10-25(27,28)16-20;;/h2-6,13-15,20,22,33H,7-12,16-17,29H2,1H3,(H,30,32);2*1H/t20-,26+;;/m1../s1. The van der Waals surface area contributed by atoms with Crippen LogP contribution in [0.1, 0.15) is 43.2 Å². The van der Waals surface area contributed by atoms with Crippen molar-refractivity contribution in [2.24, 2.45) is 5.92 Å². The minimum atomic E-state index is -2.86. The Morgan fingerprint density at radius 1 is 1.17 bits per heavy atom. The second-order valence-corrected chi connectivity index (χ2v) is 9.57. The van der Waals surface area contributed by atoms with Gasteiger partial charge in [-0.05, 0) is 42.5 Å². The van der Waals surface area contributed by atoms with Crippen LogP contribution in [0.2, 0.25) is 0 Å². The van der Waals surface area contributed by atoms with Crippen LogP contribution in [0.5, 0.6) is 5.75 Å². The summed E-state index contributed by atoms with van der Waals surface area (Å²) in [5.41, 5.74) is 6.05. The van der Waals surface area contributed by atoms with Crippen LogP contribution in [0, 0.1) is 5.92 Å². The molecular weight excluding hydrogens is 511 g/mol. The van der Waals surface area contributed by atoms with Gasteiger partial charge in [0.25, 0.3) is 5.91 Å². The second kappa shape index (κ2) is 12.4. The molecule has 2 aliphatic rings. The molecule has 2 atom stereocenters. The Balaban J connectivity index is 0.00000228. The van der Waals surface area contributed by atoms with E-state index < -0.39 is 29.8 Å². The van der Waals surface area contributed by atoms with Gasteiger partial charge in [-0.1, -0.05) is 30.3 Å². The van der Waals surface area contributed by atoms with Crippen LogP contribution in [-0.4, -0.2) is 48.1 Å². The lowest BCUT2D eigenvalue weighted by Gasteiger charge is -2.37. The van der Waals surface area contributed by atoms with Crippen molar-refractivity contribution in [1.82, 2.24) is 10.2 Å². The highest BCUT2D eigenvalue weighted by atomic mass is 35.5. The number of halogens is 4. The third-order valence-electron chi connectivity index (χ3n) is 7.11. The van der Waals surface area contributed by atoms with Gasteiger partial charge in [-0.25, -0.2) is 8.78 Å². The van der Waals surface area contributed by atoms with Gasteiger partial charge in [0.1, 0.15) is 5.75 Å². The summed E-state index contributed by atoms with van der Waals surface area (Å²) in [6.07, 6.45) is 0.711. The summed E-state index contributed by atoms with van der Waals surface area (Å²) in [6.45, 7) is 2.23. The number of nitrogens with one attached hydrogen (secondary N) is 1. The average Bonchev–Trinajstić information content (AvgIpc) is 3.20. The number of piperidine rings is 1. The molecule has 36 heavy (non-hydrogen) atoms. The van der Waals surface area contributed by atoms with E-state index in [0.29, 0.717) is 30.6 Å². The number of anilines is 1. The maximum Gasteiger partial charge on any atom is 0.257 e. The number of methoxy groups -OCH3 is 1. The van der Waals surface area contributed by atoms with Crippen molar-refractivity contribution >= 4 is 36.4 Å². The molecule has 1 amide bonds. The highest BCUT2D eigenvalue weighted by Gasteiger charge is 2.53. The number of amides is 1. The molecule has 10 heteroatoms. The average molecular weight is 546 g/mol. The van der Waals surface area contributed by atoms with E-state index >= 15 is 0 Å². The maximum atomic E-state index is 14.0. The molecule has 0 unspecified atom stereocenters. The highest BCUT2D eigenvalue weighted by molar-refractivity contribution is 5.87. The molecule has 1 aliphatic carbocycles. The molecule has 4 N–H and O–H groups in total. The molecular formula is C26H35Cl2F2N3O3. The number of nitrogen functional groups attached to an aromatic ring is 1. The minimum Gasteiger partial charge on any atom is -0.497 e. The van der Waals surface area contributed by atoms with Crippen LogP contribution in [0.4, 0.5) is 14.5 Å². The number of hydrogen-bond acceptors (Lipinski definition) is 5. The first-order chi connectivity index (χ1) is 16.2. The van der Waals surface area contributed by atoms with E-state index in [-0.39, 0.29) is 43.7 Å². The highest BCUT2D eigenvalue weighted by Crippen LogP contribution is 2.47. The zero-order chi connectivity index (χ0) is 24.3.